The summed E-state index contributed by atoms with van der Waals surface area (Å²) in [7, 11) is 0. The molecule has 0 aromatic heterocycles. The van der Waals surface area contributed by atoms with Crippen molar-refractivity contribution >= 4 is 33.5 Å². The van der Waals surface area contributed by atoms with Crippen molar-refractivity contribution in [2.45, 2.75) is 6.92 Å². The number of nitrogens with zero attached hydrogens (tertiary/aromatic N) is 2. The van der Waals surface area contributed by atoms with Crippen LogP contribution in [0, 0.1) is 12.7 Å². The zero-order chi connectivity index (χ0) is 16.2. The zero-order valence-corrected chi connectivity index (χ0v) is 14.5. The number of hydrogen-bond acceptors (Lipinski definition) is 3. The minimum atomic E-state index is -0.219. The molecule has 2 aromatic carbocycles. The van der Waals surface area contributed by atoms with E-state index in [4.69, 9.17) is 4.74 Å². The van der Waals surface area contributed by atoms with E-state index in [1.165, 1.54) is 6.07 Å². The van der Waals surface area contributed by atoms with Crippen molar-refractivity contribution in [2.24, 2.45) is 4.99 Å². The number of ether oxygens (including phenoxy) is 1. The number of anilines is 1. The fourth-order valence-electron chi connectivity index (χ4n) is 2.57. The molecule has 1 heterocycles. The smallest absolute Gasteiger partial charge is 0.147 e. The van der Waals surface area contributed by atoms with E-state index in [0.717, 1.165) is 34.4 Å². The van der Waals surface area contributed by atoms with Crippen molar-refractivity contribution in [3.63, 3.8) is 0 Å². The Balaban J connectivity index is 1.78. The van der Waals surface area contributed by atoms with Gasteiger partial charge in [0.25, 0.3) is 0 Å². The lowest BCUT2D eigenvalue weighted by atomic mass is 10.1. The molecule has 0 radical (unpaired) electrons. The van der Waals surface area contributed by atoms with Crippen molar-refractivity contribution in [3.05, 3.63) is 57.8 Å². The van der Waals surface area contributed by atoms with Gasteiger partial charge >= 0.3 is 0 Å². The van der Waals surface area contributed by atoms with Gasteiger partial charge in [-0.1, -0.05) is 22.0 Å². The van der Waals surface area contributed by atoms with E-state index in [2.05, 4.69) is 20.9 Å². The number of aliphatic imine (C=N–C) groups is 1. The number of morpholine rings is 1. The van der Waals surface area contributed by atoms with Crippen LogP contribution in [0.25, 0.3) is 0 Å². The molecule has 3 nitrogen and oxygen atoms in total. The van der Waals surface area contributed by atoms with Crippen LogP contribution in [0.1, 0.15) is 11.1 Å². The van der Waals surface area contributed by atoms with Crippen LogP contribution < -0.4 is 4.90 Å². The van der Waals surface area contributed by atoms with Crippen molar-refractivity contribution in [3.8, 4) is 0 Å². The molecule has 1 aliphatic heterocycles. The summed E-state index contributed by atoms with van der Waals surface area (Å²) in [6, 6.07) is 11.1. The molecule has 1 aliphatic rings. The molecule has 0 unspecified atom stereocenters. The van der Waals surface area contributed by atoms with Crippen LogP contribution in [-0.4, -0.2) is 32.5 Å². The van der Waals surface area contributed by atoms with E-state index in [1.54, 1.807) is 6.21 Å². The van der Waals surface area contributed by atoms with Gasteiger partial charge in [-0.2, -0.15) is 0 Å². The van der Waals surface area contributed by atoms with Crippen LogP contribution in [0.3, 0.4) is 0 Å². The average Bonchev–Trinajstić information content (AvgIpc) is 2.55. The van der Waals surface area contributed by atoms with E-state index in [-0.39, 0.29) is 5.82 Å². The maximum absolute atomic E-state index is 14.3. The molecule has 0 amide bonds. The predicted molar refractivity (Wildman–Crippen MR) is 95.6 cm³/mol. The second kappa shape index (κ2) is 7.23. The van der Waals surface area contributed by atoms with Gasteiger partial charge in [0.15, 0.2) is 0 Å². The molecule has 1 fully saturated rings. The number of aryl methyl sites for hydroxylation is 1. The van der Waals surface area contributed by atoms with E-state index < -0.39 is 0 Å². The van der Waals surface area contributed by atoms with Crippen LogP contribution in [0.4, 0.5) is 15.8 Å². The molecule has 5 heteroatoms. The second-order valence-electron chi connectivity index (χ2n) is 5.50. The number of rotatable bonds is 3. The first-order valence-corrected chi connectivity index (χ1v) is 8.35. The fourth-order valence-corrected chi connectivity index (χ4v) is 3.05. The van der Waals surface area contributed by atoms with Crippen LogP contribution in [0.15, 0.2) is 45.9 Å². The number of benzene rings is 2. The van der Waals surface area contributed by atoms with Gasteiger partial charge < -0.3 is 9.64 Å². The van der Waals surface area contributed by atoms with Crippen molar-refractivity contribution < 1.29 is 9.13 Å². The normalized spacial score (nSPS) is 15.3. The van der Waals surface area contributed by atoms with Gasteiger partial charge in [0.2, 0.25) is 0 Å². The molecule has 0 bridgehead atoms. The molecule has 3 rings (SSSR count). The minimum absolute atomic E-state index is 0.219. The number of halogens is 2. The molecule has 0 N–H and O–H groups in total. The van der Waals surface area contributed by atoms with Crippen LogP contribution in [-0.2, 0) is 4.74 Å². The minimum Gasteiger partial charge on any atom is -0.378 e. The third-order valence-corrected chi connectivity index (χ3v) is 4.33. The Morgan fingerprint density at radius 1 is 1.17 bits per heavy atom. The first-order chi connectivity index (χ1) is 11.1. The first kappa shape index (κ1) is 16.1. The van der Waals surface area contributed by atoms with Gasteiger partial charge in [-0.05, 0) is 48.4 Å². The van der Waals surface area contributed by atoms with Crippen LogP contribution >= 0.6 is 15.9 Å². The topological polar surface area (TPSA) is 24.8 Å². The third-order valence-electron chi connectivity index (χ3n) is 3.84. The summed E-state index contributed by atoms with van der Waals surface area (Å²) >= 11 is 3.43. The molecular weight excluding hydrogens is 359 g/mol. The highest BCUT2D eigenvalue weighted by atomic mass is 79.9. The maximum Gasteiger partial charge on any atom is 0.147 e. The van der Waals surface area contributed by atoms with Crippen LogP contribution in [0.2, 0.25) is 0 Å². The van der Waals surface area contributed by atoms with E-state index >= 15 is 0 Å². The molecule has 120 valence electrons. The molecule has 0 aliphatic carbocycles. The Morgan fingerprint density at radius 2 is 1.96 bits per heavy atom. The molecule has 1 saturated heterocycles. The molecular formula is C18H18BrFN2O. The van der Waals surface area contributed by atoms with Gasteiger partial charge in [-0.3, -0.25) is 4.99 Å². The van der Waals surface area contributed by atoms with Gasteiger partial charge in [-0.25, -0.2) is 4.39 Å². The van der Waals surface area contributed by atoms with Gasteiger partial charge in [0.05, 0.1) is 24.6 Å². The van der Waals surface area contributed by atoms with Gasteiger partial charge in [0, 0.05) is 23.8 Å². The summed E-state index contributed by atoms with van der Waals surface area (Å²) in [5.41, 5.74) is 3.33. The summed E-state index contributed by atoms with van der Waals surface area (Å²) in [6.45, 7) is 4.74. The Bertz CT molecular complexity index is 727. The lowest BCUT2D eigenvalue weighted by Crippen LogP contribution is -2.36. The SMILES string of the molecule is Cc1cc(Br)ccc1N=Cc1ccc(N2CCOCC2)c(F)c1. The van der Waals surface area contributed by atoms with E-state index in [9.17, 15) is 4.39 Å². The number of hydrogen-bond donors (Lipinski definition) is 0. The highest BCUT2D eigenvalue weighted by molar-refractivity contribution is 9.10. The molecule has 23 heavy (non-hydrogen) atoms. The lowest BCUT2D eigenvalue weighted by molar-refractivity contribution is 0.122. The van der Waals surface area contributed by atoms with E-state index in [0.29, 0.717) is 18.9 Å². The summed E-state index contributed by atoms with van der Waals surface area (Å²) in [6.07, 6.45) is 1.70. The maximum atomic E-state index is 14.3. The summed E-state index contributed by atoms with van der Waals surface area (Å²) in [5.74, 6) is -0.219. The monoisotopic (exact) mass is 376 g/mol. The summed E-state index contributed by atoms with van der Waals surface area (Å²) < 4.78 is 20.7. The van der Waals surface area contributed by atoms with Crippen molar-refractivity contribution in [1.29, 1.82) is 0 Å². The Morgan fingerprint density at radius 3 is 2.65 bits per heavy atom. The highest BCUT2D eigenvalue weighted by Crippen LogP contribution is 2.24. The average molecular weight is 377 g/mol. The fraction of sp³-hybridized carbons (Fsp3) is 0.278. The molecule has 0 atom stereocenters. The third kappa shape index (κ3) is 3.98. The van der Waals surface area contributed by atoms with Crippen LogP contribution in [0.5, 0.6) is 0 Å². The Kier molecular flexibility index (Phi) is 5.08. The van der Waals surface area contributed by atoms with Crippen molar-refractivity contribution in [2.75, 3.05) is 31.2 Å². The summed E-state index contributed by atoms with van der Waals surface area (Å²) in [4.78, 5) is 6.47. The second-order valence-corrected chi connectivity index (χ2v) is 6.41. The highest BCUT2D eigenvalue weighted by Gasteiger charge is 2.14. The lowest BCUT2D eigenvalue weighted by Gasteiger charge is -2.29. The van der Waals surface area contributed by atoms with E-state index in [1.807, 2.05) is 42.2 Å². The molecule has 0 spiro atoms. The zero-order valence-electron chi connectivity index (χ0n) is 12.9. The van der Waals surface area contributed by atoms with Gasteiger partial charge in [0.1, 0.15) is 5.82 Å². The quantitative estimate of drug-likeness (QED) is 0.737. The molecule has 2 aromatic rings. The standard InChI is InChI=1S/C18H18BrFN2O/c1-13-10-15(19)3-4-17(13)21-12-14-2-5-18(16(20)11-14)22-6-8-23-9-7-22/h2-5,10-12H,6-9H2,1H3. The summed E-state index contributed by atoms with van der Waals surface area (Å²) in [5, 5.41) is 0. The predicted octanol–water partition coefficient (Wildman–Crippen LogP) is 4.48. The first-order valence-electron chi connectivity index (χ1n) is 7.56. The Hall–Kier alpha value is -1.72. The largest absolute Gasteiger partial charge is 0.378 e. The molecule has 0 saturated carbocycles. The van der Waals surface area contributed by atoms with Gasteiger partial charge in [-0.15, -0.1) is 0 Å². The van der Waals surface area contributed by atoms with Crippen molar-refractivity contribution in [1.82, 2.24) is 0 Å². The Labute approximate surface area is 143 Å².